The zero-order chi connectivity index (χ0) is 16.6. The van der Waals surface area contributed by atoms with Crippen LogP contribution in [0, 0.1) is 39.6 Å². The molecule has 4 rings (SSSR count). The fourth-order valence-corrected chi connectivity index (χ4v) is 2.99. The van der Waals surface area contributed by atoms with E-state index in [1.54, 1.807) is 4.57 Å². The van der Waals surface area contributed by atoms with Crippen LogP contribution in [0.15, 0.2) is 0 Å². The maximum atomic E-state index is 4.30. The molecule has 8 nitrogen and oxygen atoms in total. The van der Waals surface area contributed by atoms with Gasteiger partial charge < -0.3 is 19.5 Å². The van der Waals surface area contributed by atoms with Gasteiger partial charge in [0.05, 0.1) is 0 Å². The van der Waals surface area contributed by atoms with Crippen LogP contribution in [0.2, 0.25) is 0 Å². The van der Waals surface area contributed by atoms with Gasteiger partial charge >= 0.3 is 79.9 Å². The van der Waals surface area contributed by atoms with Crippen LogP contribution in [0.1, 0.15) is 17.3 Å². The Bertz CT molecular complexity index is 1000. The molecule has 4 aromatic heterocycles. The monoisotopic (exact) mass is 725 g/mol. The van der Waals surface area contributed by atoms with Crippen molar-refractivity contribution in [3.8, 4) is 0 Å². The number of aryl methyl sites for hydroxylation is 4. The summed E-state index contributed by atoms with van der Waals surface area (Å²) in [5, 5.41) is 0. The van der Waals surface area contributed by atoms with E-state index in [4.69, 9.17) is 0 Å². The molecule has 0 aromatic carbocycles. The van der Waals surface area contributed by atoms with Gasteiger partial charge in [0.1, 0.15) is 0 Å². The molecular weight excluding hydrogens is 712 g/mol. The molecule has 0 unspecified atom stereocenters. The van der Waals surface area contributed by atoms with E-state index in [0.29, 0.717) is 30.2 Å². The van der Waals surface area contributed by atoms with Gasteiger partial charge in [0.15, 0.2) is 0 Å². The van der Waals surface area contributed by atoms with E-state index in [1.807, 2.05) is 31.1 Å². The molecule has 0 saturated heterocycles. The van der Waals surface area contributed by atoms with Crippen molar-refractivity contribution in [1.29, 1.82) is 0 Å². The van der Waals surface area contributed by atoms with Crippen LogP contribution in [0.5, 0.6) is 0 Å². The first-order valence-electron chi connectivity index (χ1n) is 6.97. The maximum absolute atomic E-state index is 4.30. The number of nitrogens with zero attached hydrogens (tertiary/aromatic N) is 8. The average Bonchev–Trinajstić information content (AvgIpc) is 3.05. The minimum absolute atomic E-state index is 0. The third kappa shape index (κ3) is 6.06. The first kappa shape index (κ1) is 26.6. The van der Waals surface area contributed by atoms with E-state index in [2.05, 4.69) is 48.8 Å². The second-order valence-corrected chi connectivity index (χ2v) is 7.00. The summed E-state index contributed by atoms with van der Waals surface area (Å²) in [4.78, 5) is 24.6. The van der Waals surface area contributed by atoms with Gasteiger partial charge in [-0.1, -0.05) is 12.4 Å². The quantitative estimate of drug-likeness (QED) is 0.186. The summed E-state index contributed by atoms with van der Waals surface area (Å²) in [6.07, 6.45) is 8.39. The molecular formula is C14H14GaN8WY2-3. The summed E-state index contributed by atoms with van der Waals surface area (Å²) in [7, 11) is 1.84. The SMILES string of the molecule is Cc1n[c-]c2n[c-]n(C)c2n1.Cc1nc(C)c2n[c-][n]([GaH2])c2n1.[W].[Y].[Y]. The third-order valence-electron chi connectivity index (χ3n) is 3.21. The molecule has 0 bridgehead atoms. The second-order valence-electron chi connectivity index (χ2n) is 5.12. The van der Waals surface area contributed by atoms with Gasteiger partial charge in [0.25, 0.3) is 0 Å². The molecule has 0 atom stereocenters. The van der Waals surface area contributed by atoms with Gasteiger partial charge in [-0.3, -0.25) is 0 Å². The van der Waals surface area contributed by atoms with Gasteiger partial charge in [0.2, 0.25) is 0 Å². The Morgan fingerprint density at radius 2 is 1.50 bits per heavy atom. The van der Waals surface area contributed by atoms with Crippen molar-refractivity contribution in [3.05, 3.63) is 36.2 Å². The van der Waals surface area contributed by atoms with Crippen molar-refractivity contribution < 1.29 is 86.5 Å². The van der Waals surface area contributed by atoms with Crippen molar-refractivity contribution in [2.24, 2.45) is 7.05 Å². The number of aromatic nitrogens is 8. The van der Waals surface area contributed by atoms with Crippen LogP contribution < -0.4 is 0 Å². The zero-order valence-corrected chi connectivity index (χ0v) is 27.9. The number of fused-ring (bicyclic) bond motifs is 2. The largest absolute Gasteiger partial charge is 0 e. The molecule has 0 amide bonds. The average molecular weight is 726 g/mol. The Labute approximate surface area is 226 Å². The summed E-state index contributed by atoms with van der Waals surface area (Å²) in [6, 6.07) is 0. The van der Waals surface area contributed by atoms with Crippen LogP contribution in [-0.2, 0) is 93.5 Å². The van der Waals surface area contributed by atoms with Gasteiger partial charge in [-0.25, -0.2) is 0 Å². The minimum Gasteiger partial charge on any atom is 0 e. The summed E-state index contributed by atoms with van der Waals surface area (Å²) >= 11 is 0.509. The van der Waals surface area contributed by atoms with Gasteiger partial charge in [0, 0.05) is 98.6 Å². The van der Waals surface area contributed by atoms with Crippen LogP contribution in [0.25, 0.3) is 22.3 Å². The molecule has 0 saturated carbocycles. The standard InChI is InChI=1S/2C7H6N4.Ga.W.2Y.2H/c1-5-8-3-6-7(10-5)11(2)4-9-6;1-4-6-7(9-3-8-6)11-5(2)10-4;;;;;;/h2*1-2H3;;;;;;/q2*-2;+1;;;;;. The van der Waals surface area contributed by atoms with Crippen molar-refractivity contribution >= 4 is 41.2 Å². The van der Waals surface area contributed by atoms with E-state index >= 15 is 0 Å². The topological polar surface area (TPSA) is 87.2 Å². The van der Waals surface area contributed by atoms with E-state index in [-0.39, 0.29) is 86.5 Å². The Balaban J connectivity index is 0.000000432. The van der Waals surface area contributed by atoms with Crippen LogP contribution in [0.4, 0.5) is 0 Å². The van der Waals surface area contributed by atoms with Crippen LogP contribution in [0.3, 0.4) is 0 Å². The second kappa shape index (κ2) is 11.6. The van der Waals surface area contributed by atoms with Crippen molar-refractivity contribution in [2.75, 3.05) is 0 Å². The fraction of sp³-hybridized carbons (Fsp3) is 0.286. The smallest absolute Gasteiger partial charge is 0 e. The summed E-state index contributed by atoms with van der Waals surface area (Å²) in [5.41, 5.74) is 4.20. The Morgan fingerprint density at radius 1 is 0.846 bits per heavy atom. The first-order valence-corrected chi connectivity index (χ1v) is 8.85. The van der Waals surface area contributed by atoms with E-state index in [0.717, 1.165) is 28.3 Å². The molecule has 0 spiro atoms. The van der Waals surface area contributed by atoms with Gasteiger partial charge in [-0.15, -0.1) is 6.20 Å². The molecule has 2 radical (unpaired) electrons. The van der Waals surface area contributed by atoms with Crippen LogP contribution >= 0.6 is 0 Å². The Hall–Kier alpha value is 0.632. The molecule has 26 heavy (non-hydrogen) atoms. The summed E-state index contributed by atoms with van der Waals surface area (Å²) < 4.78 is 3.69. The molecule has 0 aliphatic rings. The Morgan fingerprint density at radius 3 is 2.19 bits per heavy atom. The normalized spacial score (nSPS) is 9.54. The number of hydrogen-bond donors (Lipinski definition) is 0. The zero-order valence-electron chi connectivity index (χ0n) is 15.1. The fourth-order valence-electron chi connectivity index (χ4n) is 2.12. The van der Waals surface area contributed by atoms with Gasteiger partial charge in [-0.2, -0.15) is 0 Å². The Kier molecular flexibility index (Phi) is 11.9. The maximum Gasteiger partial charge on any atom is 0 e. The molecule has 12 heteroatoms. The number of hydrogen-bond acceptors (Lipinski definition) is 6. The predicted molar refractivity (Wildman–Crippen MR) is 86.3 cm³/mol. The molecule has 4 heterocycles. The van der Waals surface area contributed by atoms with E-state index in [9.17, 15) is 0 Å². The van der Waals surface area contributed by atoms with Crippen molar-refractivity contribution in [1.82, 2.24) is 37.7 Å². The van der Waals surface area contributed by atoms with E-state index < -0.39 is 0 Å². The molecule has 128 valence electrons. The molecule has 0 N–H and O–H groups in total. The van der Waals surface area contributed by atoms with Crippen molar-refractivity contribution in [3.63, 3.8) is 0 Å². The van der Waals surface area contributed by atoms with E-state index in [1.165, 1.54) is 0 Å². The summed E-state index contributed by atoms with van der Waals surface area (Å²) in [6.45, 7) is 5.67. The third-order valence-corrected chi connectivity index (χ3v) is 4.52. The van der Waals surface area contributed by atoms with Crippen molar-refractivity contribution in [2.45, 2.75) is 20.8 Å². The molecule has 4 aromatic rings. The minimum atomic E-state index is 0. The molecule has 0 fully saturated rings. The number of imidazole rings is 2. The summed E-state index contributed by atoms with van der Waals surface area (Å²) in [5.74, 6) is 1.51. The first-order chi connectivity index (χ1) is 11.0. The van der Waals surface area contributed by atoms with Crippen LogP contribution in [-0.4, -0.2) is 56.6 Å². The van der Waals surface area contributed by atoms with Gasteiger partial charge in [-0.05, 0) is 12.7 Å². The predicted octanol–water partition coefficient (Wildman–Crippen LogP) is -0.0959. The molecule has 0 aliphatic carbocycles. The molecule has 0 aliphatic heterocycles. The number of rotatable bonds is 0.